The van der Waals surface area contributed by atoms with E-state index < -0.39 is 0 Å². The Bertz CT molecular complexity index is 554. The first-order chi connectivity index (χ1) is 9.24. The van der Waals surface area contributed by atoms with Crippen LogP contribution in [0.1, 0.15) is 25.3 Å². The van der Waals surface area contributed by atoms with Crippen molar-refractivity contribution < 1.29 is 0 Å². The van der Waals surface area contributed by atoms with Crippen LogP contribution >= 0.6 is 0 Å². The largest absolute Gasteiger partial charge is 0.350 e. The summed E-state index contributed by atoms with van der Waals surface area (Å²) in [7, 11) is 0. The molecule has 5 heteroatoms. The van der Waals surface area contributed by atoms with Crippen molar-refractivity contribution in [1.82, 2.24) is 19.5 Å². The maximum Gasteiger partial charge on any atom is 0.243 e. The van der Waals surface area contributed by atoms with Gasteiger partial charge in [0.2, 0.25) is 5.95 Å². The first-order valence-corrected chi connectivity index (χ1v) is 7.06. The van der Waals surface area contributed by atoms with Gasteiger partial charge in [0.25, 0.3) is 0 Å². The van der Waals surface area contributed by atoms with Crippen LogP contribution in [0.15, 0.2) is 18.3 Å². The number of likely N-dealkylation sites (tertiary alicyclic amines) is 1. The molecule has 1 aliphatic heterocycles. The highest BCUT2D eigenvalue weighted by atomic mass is 15.3. The molecule has 0 aliphatic carbocycles. The molecule has 2 aromatic heterocycles. The number of nitrogens with one attached hydrogen (secondary N) is 1. The van der Waals surface area contributed by atoms with E-state index in [-0.39, 0.29) is 0 Å². The van der Waals surface area contributed by atoms with Crippen molar-refractivity contribution in [3.05, 3.63) is 23.9 Å². The zero-order valence-electron chi connectivity index (χ0n) is 11.6. The Morgan fingerprint density at radius 2 is 2.11 bits per heavy atom. The summed E-state index contributed by atoms with van der Waals surface area (Å²) in [5.41, 5.74) is 2.10. The van der Waals surface area contributed by atoms with Crippen LogP contribution in [0.25, 0.3) is 5.65 Å². The van der Waals surface area contributed by atoms with Gasteiger partial charge in [0, 0.05) is 25.3 Å². The average Bonchev–Trinajstić information content (AvgIpc) is 2.81. The number of hydrogen-bond acceptors (Lipinski definition) is 4. The minimum atomic E-state index is 0.501. The Morgan fingerprint density at radius 1 is 1.32 bits per heavy atom. The number of aryl methyl sites for hydroxylation is 1. The fraction of sp³-hybridized carbons (Fsp3) is 0.571. The molecule has 0 amide bonds. The van der Waals surface area contributed by atoms with Gasteiger partial charge in [0.05, 0.1) is 0 Å². The molecule has 102 valence electrons. The Hall–Kier alpha value is -1.62. The topological polar surface area (TPSA) is 45.5 Å². The number of pyridine rings is 1. The van der Waals surface area contributed by atoms with Gasteiger partial charge in [0.1, 0.15) is 0 Å². The van der Waals surface area contributed by atoms with Gasteiger partial charge in [-0.2, -0.15) is 4.98 Å². The molecular formula is C14H21N5. The monoisotopic (exact) mass is 259 g/mol. The van der Waals surface area contributed by atoms with Gasteiger partial charge in [-0.1, -0.05) is 13.0 Å². The molecule has 0 saturated carbocycles. The molecule has 0 radical (unpaired) electrons. The molecule has 3 rings (SSSR count). The van der Waals surface area contributed by atoms with Crippen molar-refractivity contribution in [3.63, 3.8) is 0 Å². The second kappa shape index (κ2) is 5.17. The Balaban J connectivity index is 1.68. The predicted octanol–water partition coefficient (Wildman–Crippen LogP) is 1.93. The lowest BCUT2D eigenvalue weighted by atomic mass is 10.1. The molecule has 1 N–H and O–H groups in total. The molecule has 3 heterocycles. The number of piperidine rings is 1. The highest BCUT2D eigenvalue weighted by molar-refractivity contribution is 5.44. The van der Waals surface area contributed by atoms with Crippen molar-refractivity contribution in [2.75, 3.05) is 25.0 Å². The predicted molar refractivity (Wildman–Crippen MR) is 76.5 cm³/mol. The number of fused-ring (bicyclic) bond motifs is 1. The fourth-order valence-electron chi connectivity index (χ4n) is 2.62. The van der Waals surface area contributed by atoms with Crippen LogP contribution in [0.3, 0.4) is 0 Å². The van der Waals surface area contributed by atoms with E-state index >= 15 is 0 Å². The van der Waals surface area contributed by atoms with Crippen LogP contribution in [-0.2, 0) is 0 Å². The highest BCUT2D eigenvalue weighted by Gasteiger charge is 2.19. The number of hydrogen-bond donors (Lipinski definition) is 1. The number of aromatic nitrogens is 3. The van der Waals surface area contributed by atoms with Crippen LogP contribution in [0.2, 0.25) is 0 Å². The van der Waals surface area contributed by atoms with E-state index in [1.807, 2.05) is 16.8 Å². The van der Waals surface area contributed by atoms with E-state index in [0.717, 1.165) is 18.1 Å². The van der Waals surface area contributed by atoms with Crippen molar-refractivity contribution in [2.24, 2.45) is 0 Å². The molecule has 0 atom stereocenters. The Kier molecular flexibility index (Phi) is 3.38. The van der Waals surface area contributed by atoms with E-state index in [0.29, 0.717) is 6.04 Å². The van der Waals surface area contributed by atoms with E-state index in [1.165, 1.54) is 31.5 Å². The summed E-state index contributed by atoms with van der Waals surface area (Å²) in [5, 5.41) is 7.95. The molecule has 5 nitrogen and oxygen atoms in total. The van der Waals surface area contributed by atoms with Crippen molar-refractivity contribution in [1.29, 1.82) is 0 Å². The normalized spacial score (nSPS) is 18.0. The quantitative estimate of drug-likeness (QED) is 0.915. The van der Waals surface area contributed by atoms with Gasteiger partial charge in [-0.15, -0.1) is 5.10 Å². The summed E-state index contributed by atoms with van der Waals surface area (Å²) in [6.45, 7) is 7.77. The van der Waals surface area contributed by atoms with Crippen LogP contribution in [0, 0.1) is 6.92 Å². The van der Waals surface area contributed by atoms with Gasteiger partial charge in [-0.05, 0) is 37.9 Å². The molecule has 1 aliphatic rings. The summed E-state index contributed by atoms with van der Waals surface area (Å²) in [5.74, 6) is 0.751. The van der Waals surface area contributed by atoms with Crippen LogP contribution in [0.5, 0.6) is 0 Å². The third-order valence-corrected chi connectivity index (χ3v) is 3.85. The molecule has 0 unspecified atom stereocenters. The van der Waals surface area contributed by atoms with Gasteiger partial charge >= 0.3 is 0 Å². The standard InChI is InChI=1S/C14H21N5/c1-3-18-8-6-12(7-9-18)15-14-16-13-5-4-11(2)10-19(13)17-14/h4-5,10,12H,3,6-9H2,1-2H3,(H,15,17). The third-order valence-electron chi connectivity index (χ3n) is 3.85. The van der Waals surface area contributed by atoms with Crippen LogP contribution < -0.4 is 5.32 Å². The van der Waals surface area contributed by atoms with Crippen molar-refractivity contribution >= 4 is 11.6 Å². The minimum Gasteiger partial charge on any atom is -0.350 e. The maximum atomic E-state index is 4.51. The molecule has 1 saturated heterocycles. The third kappa shape index (κ3) is 2.71. The first-order valence-electron chi connectivity index (χ1n) is 7.06. The molecule has 1 fully saturated rings. The van der Waals surface area contributed by atoms with E-state index in [2.05, 4.69) is 40.2 Å². The zero-order chi connectivity index (χ0) is 13.2. The fourth-order valence-corrected chi connectivity index (χ4v) is 2.62. The van der Waals surface area contributed by atoms with Crippen molar-refractivity contribution in [2.45, 2.75) is 32.7 Å². The maximum absolute atomic E-state index is 4.51. The second-order valence-electron chi connectivity index (χ2n) is 5.30. The van der Waals surface area contributed by atoms with Gasteiger partial charge in [-0.3, -0.25) is 0 Å². The molecule has 0 aromatic carbocycles. The minimum absolute atomic E-state index is 0.501. The highest BCUT2D eigenvalue weighted by Crippen LogP contribution is 2.15. The van der Waals surface area contributed by atoms with Gasteiger partial charge in [-0.25, -0.2) is 4.52 Å². The summed E-state index contributed by atoms with van der Waals surface area (Å²) in [4.78, 5) is 7.00. The molecular weight excluding hydrogens is 238 g/mol. The average molecular weight is 259 g/mol. The van der Waals surface area contributed by atoms with E-state index in [1.54, 1.807) is 0 Å². The lowest BCUT2D eigenvalue weighted by Gasteiger charge is -2.31. The SMILES string of the molecule is CCN1CCC(Nc2nc3ccc(C)cn3n2)CC1. The number of nitrogens with zero attached hydrogens (tertiary/aromatic N) is 4. The summed E-state index contributed by atoms with van der Waals surface area (Å²) >= 11 is 0. The first kappa shape index (κ1) is 12.4. The van der Waals surface area contributed by atoms with Crippen LogP contribution in [-0.4, -0.2) is 45.2 Å². The van der Waals surface area contributed by atoms with Gasteiger partial charge < -0.3 is 10.2 Å². The Morgan fingerprint density at radius 3 is 2.84 bits per heavy atom. The zero-order valence-corrected chi connectivity index (χ0v) is 11.6. The second-order valence-corrected chi connectivity index (χ2v) is 5.30. The van der Waals surface area contributed by atoms with E-state index in [4.69, 9.17) is 0 Å². The summed E-state index contributed by atoms with van der Waals surface area (Å²) in [6.07, 6.45) is 4.35. The summed E-state index contributed by atoms with van der Waals surface area (Å²) in [6, 6.07) is 4.57. The van der Waals surface area contributed by atoms with Crippen LogP contribution in [0.4, 0.5) is 5.95 Å². The number of rotatable bonds is 3. The molecule has 19 heavy (non-hydrogen) atoms. The lowest BCUT2D eigenvalue weighted by Crippen LogP contribution is -2.39. The summed E-state index contributed by atoms with van der Waals surface area (Å²) < 4.78 is 1.85. The van der Waals surface area contributed by atoms with Gasteiger partial charge in [0.15, 0.2) is 5.65 Å². The Labute approximate surface area is 113 Å². The lowest BCUT2D eigenvalue weighted by molar-refractivity contribution is 0.229. The smallest absolute Gasteiger partial charge is 0.243 e. The molecule has 2 aromatic rings. The molecule has 0 bridgehead atoms. The molecule has 0 spiro atoms. The number of anilines is 1. The van der Waals surface area contributed by atoms with E-state index in [9.17, 15) is 0 Å². The van der Waals surface area contributed by atoms with Crippen molar-refractivity contribution in [3.8, 4) is 0 Å².